The average Bonchev–Trinajstić information content (AvgIpc) is 3.56. The Kier molecular flexibility index (Phi) is 8.08. The molecule has 2 aromatic heterocycles. The Morgan fingerprint density at radius 1 is 1.02 bits per heavy atom. The summed E-state index contributed by atoms with van der Waals surface area (Å²) in [5, 5.41) is 11.7. The van der Waals surface area contributed by atoms with Crippen LogP contribution in [0.15, 0.2) is 48.5 Å². The minimum atomic E-state index is -3.34. The molecule has 4 aromatic rings. The lowest BCUT2D eigenvalue weighted by molar-refractivity contribution is 0.0704. The Labute approximate surface area is 249 Å². The SMILES string of the molecule is CC(C)(O)CCCS(=O)(=O)N1CC=C(c2ccc3nc(OC4CCN(c5nc6ccccc6s5)CC4)sc3c2)CC1. The van der Waals surface area contributed by atoms with Crippen LogP contribution in [0.5, 0.6) is 5.19 Å². The lowest BCUT2D eigenvalue weighted by Crippen LogP contribution is -2.38. The topological polar surface area (TPSA) is 95.9 Å². The first-order chi connectivity index (χ1) is 19.6. The molecule has 41 heavy (non-hydrogen) atoms. The standard InChI is InChI=1S/C30H36N4O4S3/c1-30(2,35)14-5-19-41(36,37)34-17-10-21(11-18-34)22-8-9-25-27(20-22)40-29(32-25)38-23-12-15-33(16-13-23)28-31-24-6-3-4-7-26(24)39-28/h3-4,6-10,20,23,35H,5,11-19H2,1-2H3. The second-order valence-corrected chi connectivity index (χ2v) is 15.6. The summed E-state index contributed by atoms with van der Waals surface area (Å²) in [6, 6.07) is 14.5. The fourth-order valence-corrected chi connectivity index (χ4v) is 8.81. The van der Waals surface area contributed by atoms with Crippen molar-refractivity contribution in [2.45, 2.75) is 57.7 Å². The van der Waals surface area contributed by atoms with Crippen LogP contribution in [-0.2, 0) is 10.0 Å². The lowest BCUT2D eigenvalue weighted by Gasteiger charge is -2.31. The van der Waals surface area contributed by atoms with E-state index < -0.39 is 15.6 Å². The van der Waals surface area contributed by atoms with Crippen LogP contribution < -0.4 is 9.64 Å². The molecule has 2 aliphatic rings. The zero-order valence-electron chi connectivity index (χ0n) is 23.5. The first kappa shape index (κ1) is 28.5. The van der Waals surface area contributed by atoms with Crippen LogP contribution in [0, 0.1) is 0 Å². The second kappa shape index (κ2) is 11.6. The van der Waals surface area contributed by atoms with Crippen LogP contribution in [0.3, 0.4) is 0 Å². The first-order valence-electron chi connectivity index (χ1n) is 14.2. The number of fused-ring (bicyclic) bond motifs is 2. The summed E-state index contributed by atoms with van der Waals surface area (Å²) in [7, 11) is -3.34. The van der Waals surface area contributed by atoms with E-state index in [0.717, 1.165) is 57.9 Å². The minimum absolute atomic E-state index is 0.0662. The van der Waals surface area contributed by atoms with E-state index in [4.69, 9.17) is 14.7 Å². The van der Waals surface area contributed by atoms with Crippen molar-refractivity contribution in [3.05, 3.63) is 54.1 Å². The van der Waals surface area contributed by atoms with E-state index in [1.54, 1.807) is 40.8 Å². The largest absolute Gasteiger partial charge is 0.467 e. The Morgan fingerprint density at radius 3 is 2.54 bits per heavy atom. The van der Waals surface area contributed by atoms with E-state index in [9.17, 15) is 13.5 Å². The molecule has 6 rings (SSSR count). The van der Waals surface area contributed by atoms with Crippen LogP contribution in [0.2, 0.25) is 0 Å². The second-order valence-electron chi connectivity index (χ2n) is 11.5. The van der Waals surface area contributed by atoms with Gasteiger partial charge in [-0.25, -0.2) is 18.4 Å². The van der Waals surface area contributed by atoms with Gasteiger partial charge in [-0.1, -0.05) is 46.9 Å². The molecule has 0 unspecified atom stereocenters. The number of hydrogen-bond acceptors (Lipinski definition) is 9. The predicted molar refractivity (Wildman–Crippen MR) is 169 cm³/mol. The van der Waals surface area contributed by atoms with Gasteiger partial charge < -0.3 is 14.7 Å². The Bertz CT molecular complexity index is 1630. The van der Waals surface area contributed by atoms with Gasteiger partial charge in [0.05, 0.1) is 31.8 Å². The number of aliphatic hydroxyl groups is 1. The maximum Gasteiger partial charge on any atom is 0.274 e. The molecule has 2 aromatic carbocycles. The molecule has 218 valence electrons. The van der Waals surface area contributed by atoms with Crippen molar-refractivity contribution in [3.8, 4) is 5.19 Å². The summed E-state index contributed by atoms with van der Waals surface area (Å²) in [4.78, 5) is 11.9. The smallest absolute Gasteiger partial charge is 0.274 e. The van der Waals surface area contributed by atoms with Crippen molar-refractivity contribution in [2.75, 3.05) is 36.8 Å². The Morgan fingerprint density at radius 2 is 1.80 bits per heavy atom. The predicted octanol–water partition coefficient (Wildman–Crippen LogP) is 5.92. The highest BCUT2D eigenvalue weighted by Crippen LogP contribution is 2.35. The molecular weight excluding hydrogens is 577 g/mol. The van der Waals surface area contributed by atoms with Gasteiger partial charge in [0.1, 0.15) is 6.10 Å². The maximum atomic E-state index is 12.8. The Balaban J connectivity index is 1.05. The molecule has 1 saturated heterocycles. The third-order valence-electron chi connectivity index (χ3n) is 7.76. The van der Waals surface area contributed by atoms with E-state index in [0.29, 0.717) is 37.5 Å². The number of piperidine rings is 1. The molecule has 0 radical (unpaired) electrons. The molecule has 0 spiro atoms. The molecule has 1 fully saturated rings. The van der Waals surface area contributed by atoms with Crippen LogP contribution in [0.1, 0.15) is 51.5 Å². The molecule has 4 heterocycles. The van der Waals surface area contributed by atoms with Crippen LogP contribution in [0.4, 0.5) is 5.13 Å². The highest BCUT2D eigenvalue weighted by Gasteiger charge is 2.26. The molecule has 8 nitrogen and oxygen atoms in total. The van der Waals surface area contributed by atoms with Gasteiger partial charge in [0.15, 0.2) is 5.13 Å². The van der Waals surface area contributed by atoms with Crippen molar-refractivity contribution < 1.29 is 18.3 Å². The number of para-hydroxylation sites is 1. The third-order valence-corrected chi connectivity index (χ3v) is 11.7. The summed E-state index contributed by atoms with van der Waals surface area (Å²) < 4.78 is 35.7. The van der Waals surface area contributed by atoms with E-state index in [-0.39, 0.29) is 11.9 Å². The van der Waals surface area contributed by atoms with Gasteiger partial charge in [-0.3, -0.25) is 0 Å². The quantitative estimate of drug-likeness (QED) is 0.251. The van der Waals surface area contributed by atoms with Crippen molar-refractivity contribution in [1.82, 2.24) is 14.3 Å². The van der Waals surface area contributed by atoms with Gasteiger partial charge in [-0.15, -0.1) is 0 Å². The normalized spacial score (nSPS) is 17.8. The van der Waals surface area contributed by atoms with E-state index in [1.807, 2.05) is 18.2 Å². The zero-order chi connectivity index (χ0) is 28.6. The summed E-state index contributed by atoms with van der Waals surface area (Å²) >= 11 is 3.32. The summed E-state index contributed by atoms with van der Waals surface area (Å²) in [6.07, 6.45) is 5.61. The van der Waals surface area contributed by atoms with E-state index in [1.165, 1.54) is 4.70 Å². The zero-order valence-corrected chi connectivity index (χ0v) is 25.9. The molecule has 2 aliphatic heterocycles. The fourth-order valence-electron chi connectivity index (χ4n) is 5.44. The number of benzene rings is 2. The fraction of sp³-hybridized carbons (Fsp3) is 0.467. The highest BCUT2D eigenvalue weighted by atomic mass is 32.2. The highest BCUT2D eigenvalue weighted by molar-refractivity contribution is 7.89. The van der Waals surface area contributed by atoms with Gasteiger partial charge >= 0.3 is 0 Å². The third kappa shape index (κ3) is 6.75. The summed E-state index contributed by atoms with van der Waals surface area (Å²) in [6.45, 7) is 6.10. The van der Waals surface area contributed by atoms with E-state index in [2.05, 4.69) is 35.2 Å². The number of thiazole rings is 2. The maximum absolute atomic E-state index is 12.8. The number of hydrogen-bond donors (Lipinski definition) is 1. The molecule has 0 amide bonds. The van der Waals surface area contributed by atoms with Gasteiger partial charge in [-0.2, -0.15) is 4.31 Å². The number of rotatable bonds is 9. The van der Waals surface area contributed by atoms with Crippen LogP contribution >= 0.6 is 22.7 Å². The van der Waals surface area contributed by atoms with Crippen molar-refractivity contribution in [1.29, 1.82) is 0 Å². The van der Waals surface area contributed by atoms with Crippen LogP contribution in [0.25, 0.3) is 26.0 Å². The minimum Gasteiger partial charge on any atom is -0.467 e. The molecule has 0 atom stereocenters. The molecule has 0 saturated carbocycles. The monoisotopic (exact) mass is 612 g/mol. The van der Waals surface area contributed by atoms with Gasteiger partial charge in [0, 0.05) is 39.0 Å². The molecule has 11 heteroatoms. The molecule has 0 bridgehead atoms. The van der Waals surface area contributed by atoms with Crippen molar-refractivity contribution in [3.63, 3.8) is 0 Å². The van der Waals surface area contributed by atoms with E-state index >= 15 is 0 Å². The number of sulfonamides is 1. The van der Waals surface area contributed by atoms with Gasteiger partial charge in [0.2, 0.25) is 10.0 Å². The van der Waals surface area contributed by atoms with Gasteiger partial charge in [-0.05, 0) is 68.5 Å². The molecule has 1 N–H and O–H groups in total. The number of ether oxygens (including phenoxy) is 1. The lowest BCUT2D eigenvalue weighted by atomic mass is 10.0. The summed E-state index contributed by atoms with van der Waals surface area (Å²) in [5.74, 6) is 0.0662. The van der Waals surface area contributed by atoms with Crippen molar-refractivity contribution in [2.24, 2.45) is 0 Å². The van der Waals surface area contributed by atoms with Crippen LogP contribution in [-0.4, -0.2) is 71.4 Å². The molecular formula is C30H36N4O4S3. The van der Waals surface area contributed by atoms with Gasteiger partial charge in [0.25, 0.3) is 5.19 Å². The first-order valence-corrected chi connectivity index (χ1v) is 17.4. The Hall–Kier alpha value is -2.57. The number of nitrogens with zero attached hydrogens (tertiary/aromatic N) is 4. The summed E-state index contributed by atoms with van der Waals surface area (Å²) in [5.41, 5.74) is 3.40. The average molecular weight is 613 g/mol. The van der Waals surface area contributed by atoms with Crippen molar-refractivity contribution >= 4 is 63.8 Å². The number of aromatic nitrogens is 2. The molecule has 0 aliphatic carbocycles. The number of anilines is 1.